The minimum atomic E-state index is -0.575. The molecule has 3 rings (SSSR count). The highest BCUT2D eigenvalue weighted by atomic mass is 16.5. The lowest BCUT2D eigenvalue weighted by Gasteiger charge is -2.09. The molecular weight excluding hydrogens is 320 g/mol. The molecule has 1 aromatic heterocycles. The topological polar surface area (TPSA) is 77.5 Å². The molecule has 126 valence electrons. The Morgan fingerprint density at radius 2 is 1.88 bits per heavy atom. The smallest absolute Gasteiger partial charge is 0.412 e. The number of carbonyl (C=O) groups excluding carboxylic acids is 2. The number of pyridine rings is 1. The Labute approximate surface area is 144 Å². The van der Waals surface area contributed by atoms with Gasteiger partial charge in [0, 0.05) is 5.39 Å². The average Bonchev–Trinajstić information content (AvgIpc) is 2.66. The number of hydrogen-bond acceptors (Lipinski definition) is 5. The van der Waals surface area contributed by atoms with Crippen molar-refractivity contribution in [2.45, 2.75) is 6.61 Å². The third kappa shape index (κ3) is 3.92. The maximum atomic E-state index is 11.9. The van der Waals surface area contributed by atoms with E-state index in [-0.39, 0.29) is 6.61 Å². The van der Waals surface area contributed by atoms with Crippen LogP contribution in [0.15, 0.2) is 60.8 Å². The highest BCUT2D eigenvalue weighted by molar-refractivity contribution is 6.03. The van der Waals surface area contributed by atoms with Crippen LogP contribution in [0.1, 0.15) is 15.9 Å². The molecular formula is C19H16N2O4. The van der Waals surface area contributed by atoms with Crippen molar-refractivity contribution in [2.75, 3.05) is 12.4 Å². The highest BCUT2D eigenvalue weighted by Gasteiger charge is 2.12. The lowest BCUT2D eigenvalue weighted by molar-refractivity contribution is 0.0602. The lowest BCUT2D eigenvalue weighted by Crippen LogP contribution is -2.13. The Morgan fingerprint density at radius 1 is 1.08 bits per heavy atom. The fourth-order valence-electron chi connectivity index (χ4n) is 2.38. The van der Waals surface area contributed by atoms with Gasteiger partial charge in [-0.15, -0.1) is 0 Å². The van der Waals surface area contributed by atoms with Gasteiger partial charge < -0.3 is 9.47 Å². The summed E-state index contributed by atoms with van der Waals surface area (Å²) in [4.78, 5) is 27.9. The fourth-order valence-corrected chi connectivity index (χ4v) is 2.38. The van der Waals surface area contributed by atoms with E-state index >= 15 is 0 Å². The number of aromatic nitrogens is 1. The van der Waals surface area contributed by atoms with Gasteiger partial charge in [0.2, 0.25) is 0 Å². The summed E-state index contributed by atoms with van der Waals surface area (Å²) in [5.74, 6) is -0.457. The molecule has 0 saturated carbocycles. The van der Waals surface area contributed by atoms with E-state index in [9.17, 15) is 9.59 Å². The van der Waals surface area contributed by atoms with Gasteiger partial charge in [-0.25, -0.2) is 9.59 Å². The summed E-state index contributed by atoms with van der Waals surface area (Å²) in [5, 5.41) is 3.34. The van der Waals surface area contributed by atoms with Crippen LogP contribution in [-0.4, -0.2) is 24.2 Å². The van der Waals surface area contributed by atoms with E-state index < -0.39 is 12.1 Å². The number of esters is 1. The molecule has 1 amide bonds. The number of carbonyl (C=O) groups is 2. The SMILES string of the molecule is COC(=O)c1cccc2cc(NC(=O)OCc3ccccc3)cnc12. The summed E-state index contributed by atoms with van der Waals surface area (Å²) in [6, 6.07) is 16.3. The number of ether oxygens (including phenoxy) is 2. The second-order valence-electron chi connectivity index (χ2n) is 5.28. The van der Waals surface area contributed by atoms with Crippen LogP contribution in [-0.2, 0) is 16.1 Å². The maximum absolute atomic E-state index is 11.9. The van der Waals surface area contributed by atoms with Crippen LogP contribution >= 0.6 is 0 Å². The summed E-state index contributed by atoms with van der Waals surface area (Å²) in [7, 11) is 1.32. The molecule has 0 radical (unpaired) electrons. The first kappa shape index (κ1) is 16.4. The third-order valence-corrected chi connectivity index (χ3v) is 3.58. The van der Waals surface area contributed by atoms with Gasteiger partial charge >= 0.3 is 12.1 Å². The van der Waals surface area contributed by atoms with Crippen molar-refractivity contribution in [2.24, 2.45) is 0 Å². The van der Waals surface area contributed by atoms with Crippen LogP contribution in [0.2, 0.25) is 0 Å². The Bertz CT molecular complexity index is 910. The van der Waals surface area contributed by atoms with E-state index in [0.29, 0.717) is 22.2 Å². The lowest BCUT2D eigenvalue weighted by atomic mass is 10.1. The molecule has 0 aliphatic carbocycles. The van der Waals surface area contributed by atoms with Crippen molar-refractivity contribution in [3.05, 3.63) is 71.9 Å². The van der Waals surface area contributed by atoms with E-state index in [1.54, 1.807) is 24.3 Å². The summed E-state index contributed by atoms with van der Waals surface area (Å²) < 4.78 is 9.92. The number of para-hydroxylation sites is 1. The van der Waals surface area contributed by atoms with Gasteiger partial charge in [0.1, 0.15) is 6.61 Å². The number of hydrogen-bond donors (Lipinski definition) is 1. The first-order valence-electron chi connectivity index (χ1n) is 7.62. The van der Waals surface area contributed by atoms with Crippen LogP contribution < -0.4 is 5.32 Å². The quantitative estimate of drug-likeness (QED) is 0.734. The first-order chi connectivity index (χ1) is 12.2. The van der Waals surface area contributed by atoms with Gasteiger partial charge in [-0.1, -0.05) is 42.5 Å². The summed E-state index contributed by atoms with van der Waals surface area (Å²) in [5.41, 5.74) is 2.26. The highest BCUT2D eigenvalue weighted by Crippen LogP contribution is 2.21. The Balaban J connectivity index is 1.71. The second kappa shape index (κ2) is 7.44. The van der Waals surface area contributed by atoms with Crippen molar-refractivity contribution in [3.63, 3.8) is 0 Å². The molecule has 0 atom stereocenters. The number of nitrogens with zero attached hydrogens (tertiary/aromatic N) is 1. The minimum Gasteiger partial charge on any atom is -0.465 e. The molecule has 6 heteroatoms. The number of nitrogens with one attached hydrogen (secondary N) is 1. The Kier molecular flexibility index (Phi) is 4.89. The molecule has 1 heterocycles. The van der Waals surface area contributed by atoms with Crippen molar-refractivity contribution >= 4 is 28.7 Å². The Hall–Kier alpha value is -3.41. The molecule has 6 nitrogen and oxygen atoms in total. The molecule has 0 aliphatic heterocycles. The average molecular weight is 336 g/mol. The number of rotatable bonds is 4. The summed E-state index contributed by atoms with van der Waals surface area (Å²) >= 11 is 0. The Morgan fingerprint density at radius 3 is 2.64 bits per heavy atom. The van der Waals surface area contributed by atoms with Crippen molar-refractivity contribution < 1.29 is 19.1 Å². The zero-order valence-electron chi connectivity index (χ0n) is 13.6. The van der Waals surface area contributed by atoms with Gasteiger partial charge in [-0.3, -0.25) is 10.3 Å². The molecule has 1 N–H and O–H groups in total. The predicted octanol–water partition coefficient (Wildman–Crippen LogP) is 3.77. The molecule has 0 fully saturated rings. The van der Waals surface area contributed by atoms with E-state index in [1.165, 1.54) is 13.3 Å². The number of benzene rings is 2. The predicted molar refractivity (Wildman–Crippen MR) is 93.3 cm³/mol. The fraction of sp³-hybridized carbons (Fsp3) is 0.105. The van der Waals surface area contributed by atoms with Crippen molar-refractivity contribution in [1.29, 1.82) is 0 Å². The molecule has 3 aromatic rings. The third-order valence-electron chi connectivity index (χ3n) is 3.58. The second-order valence-corrected chi connectivity index (χ2v) is 5.28. The van der Waals surface area contributed by atoms with Crippen molar-refractivity contribution in [1.82, 2.24) is 4.98 Å². The minimum absolute atomic E-state index is 0.181. The van der Waals surface area contributed by atoms with E-state index in [4.69, 9.17) is 9.47 Å². The molecule has 2 aromatic carbocycles. The normalized spacial score (nSPS) is 10.3. The molecule has 0 spiro atoms. The van der Waals surface area contributed by atoms with Gasteiger partial charge in [0.15, 0.2) is 0 Å². The van der Waals surface area contributed by atoms with Gasteiger partial charge in [-0.05, 0) is 17.7 Å². The zero-order valence-corrected chi connectivity index (χ0v) is 13.6. The van der Waals surface area contributed by atoms with E-state index in [0.717, 1.165) is 5.56 Å². The summed E-state index contributed by atoms with van der Waals surface area (Å²) in [6.45, 7) is 0.181. The number of anilines is 1. The monoisotopic (exact) mass is 336 g/mol. The number of methoxy groups -OCH3 is 1. The van der Waals surface area contributed by atoms with E-state index in [2.05, 4.69) is 10.3 Å². The summed E-state index contributed by atoms with van der Waals surface area (Å²) in [6.07, 6.45) is 0.896. The van der Waals surface area contributed by atoms with E-state index in [1.807, 2.05) is 30.3 Å². The molecule has 25 heavy (non-hydrogen) atoms. The van der Waals surface area contributed by atoms with Crippen LogP contribution in [0.4, 0.5) is 10.5 Å². The van der Waals surface area contributed by atoms with Crippen LogP contribution in [0.3, 0.4) is 0 Å². The van der Waals surface area contributed by atoms with Crippen LogP contribution in [0, 0.1) is 0 Å². The molecule has 0 aliphatic rings. The zero-order chi connectivity index (χ0) is 17.6. The van der Waals surface area contributed by atoms with Crippen LogP contribution in [0.5, 0.6) is 0 Å². The number of amides is 1. The first-order valence-corrected chi connectivity index (χ1v) is 7.62. The number of fused-ring (bicyclic) bond motifs is 1. The van der Waals surface area contributed by atoms with Gasteiger partial charge in [0.05, 0.1) is 30.1 Å². The molecule has 0 bridgehead atoms. The molecule has 0 unspecified atom stereocenters. The van der Waals surface area contributed by atoms with Gasteiger partial charge in [-0.2, -0.15) is 0 Å². The van der Waals surface area contributed by atoms with Gasteiger partial charge in [0.25, 0.3) is 0 Å². The van der Waals surface area contributed by atoms with Crippen LogP contribution in [0.25, 0.3) is 10.9 Å². The standard InChI is InChI=1S/C19H16N2O4/c1-24-18(22)16-9-5-8-14-10-15(11-20-17(14)16)21-19(23)25-12-13-6-3-2-4-7-13/h2-11H,12H2,1H3,(H,21,23). The molecule has 0 saturated heterocycles. The largest absolute Gasteiger partial charge is 0.465 e. The maximum Gasteiger partial charge on any atom is 0.412 e. The van der Waals surface area contributed by atoms with Crippen molar-refractivity contribution in [3.8, 4) is 0 Å².